The topological polar surface area (TPSA) is 295 Å². The van der Waals surface area contributed by atoms with Crippen LogP contribution in [0.2, 0.25) is 0 Å². The summed E-state index contributed by atoms with van der Waals surface area (Å²) in [6.45, 7) is 13.7. The van der Waals surface area contributed by atoms with Gasteiger partial charge in [-0.25, -0.2) is 9.59 Å². The zero-order chi connectivity index (χ0) is 49.8. The number of aliphatic hydroxyl groups excluding tert-OH is 9. The van der Waals surface area contributed by atoms with E-state index >= 15 is 0 Å². The molecular formula is C50H75NO17. The van der Waals surface area contributed by atoms with Crippen molar-refractivity contribution in [1.82, 2.24) is 0 Å². The molecule has 0 aromatic heterocycles. The molecule has 4 saturated carbocycles. The zero-order valence-corrected chi connectivity index (χ0v) is 40.4. The Morgan fingerprint density at radius 2 is 1.47 bits per heavy atom. The third-order valence-electron chi connectivity index (χ3n) is 19.2. The van der Waals surface area contributed by atoms with Gasteiger partial charge in [-0.2, -0.15) is 0 Å². The maximum absolute atomic E-state index is 13.7. The second-order valence-corrected chi connectivity index (χ2v) is 23.1. The predicted octanol–water partition coefficient (Wildman–Crippen LogP) is 1.70. The van der Waals surface area contributed by atoms with Crippen molar-refractivity contribution >= 4 is 17.6 Å². The number of para-hydroxylation sites is 1. The predicted molar refractivity (Wildman–Crippen MR) is 241 cm³/mol. The Bertz CT molecular complexity index is 2080. The van der Waals surface area contributed by atoms with E-state index in [9.17, 15) is 60.7 Å². The molecule has 2 heterocycles. The number of benzene rings is 1. The Morgan fingerprint density at radius 1 is 0.794 bits per heavy atom. The van der Waals surface area contributed by atoms with Crippen LogP contribution in [0.5, 0.6) is 0 Å². The Morgan fingerprint density at radius 3 is 2.12 bits per heavy atom. The van der Waals surface area contributed by atoms with Crippen molar-refractivity contribution in [1.29, 1.82) is 0 Å². The van der Waals surface area contributed by atoms with Crippen LogP contribution in [-0.4, -0.2) is 169 Å². The van der Waals surface area contributed by atoms with Crippen molar-refractivity contribution in [3.8, 4) is 0 Å². The number of hydrogen-bond acceptors (Lipinski definition) is 17. The van der Waals surface area contributed by atoms with Crippen LogP contribution >= 0.6 is 0 Å². The van der Waals surface area contributed by atoms with Crippen molar-refractivity contribution in [2.75, 3.05) is 25.6 Å². The molecule has 382 valence electrons. The molecule has 8 rings (SSSR count). The highest BCUT2D eigenvalue weighted by Crippen LogP contribution is 2.76. The summed E-state index contributed by atoms with van der Waals surface area (Å²) in [6, 6.07) is 6.96. The van der Waals surface area contributed by atoms with Crippen molar-refractivity contribution in [2.45, 2.75) is 179 Å². The summed E-state index contributed by atoms with van der Waals surface area (Å²) in [5.41, 5.74) is -1.87. The van der Waals surface area contributed by atoms with Crippen molar-refractivity contribution in [3.63, 3.8) is 0 Å². The number of hydrogen-bond donors (Lipinski definition) is 11. The molecule has 18 heteroatoms. The molecule has 0 bridgehead atoms. The first-order valence-corrected chi connectivity index (χ1v) is 24.3. The number of allylic oxidation sites excluding steroid dienone is 2. The van der Waals surface area contributed by atoms with Gasteiger partial charge in [0, 0.05) is 18.2 Å². The van der Waals surface area contributed by atoms with Crippen molar-refractivity contribution in [3.05, 3.63) is 41.5 Å². The number of carbonyl (C=O) groups excluding carboxylic acids is 1. The normalized spacial score (nSPS) is 48.4. The number of esters is 1. The van der Waals surface area contributed by atoms with Crippen LogP contribution < -0.4 is 5.32 Å². The van der Waals surface area contributed by atoms with E-state index < -0.39 is 139 Å². The van der Waals surface area contributed by atoms with Gasteiger partial charge in [-0.15, -0.1) is 0 Å². The number of fused-ring (bicyclic) bond motifs is 7. The number of aliphatic carboxylic acids is 1. The summed E-state index contributed by atoms with van der Waals surface area (Å²) in [5.74, 6) is -2.41. The molecule has 1 aromatic carbocycles. The highest BCUT2D eigenvalue weighted by Gasteiger charge is 2.73. The van der Waals surface area contributed by atoms with Gasteiger partial charge >= 0.3 is 11.9 Å². The molecule has 1 aromatic rings. The van der Waals surface area contributed by atoms with Gasteiger partial charge in [0.25, 0.3) is 0 Å². The highest BCUT2D eigenvalue weighted by molar-refractivity contribution is 5.95. The molecule has 2 saturated heterocycles. The fourth-order valence-electron chi connectivity index (χ4n) is 15.2. The van der Waals surface area contributed by atoms with E-state index in [4.69, 9.17) is 23.7 Å². The second kappa shape index (κ2) is 18.0. The maximum atomic E-state index is 13.7. The summed E-state index contributed by atoms with van der Waals surface area (Å²) >= 11 is 0. The largest absolute Gasteiger partial charge is 0.479 e. The standard InChI is InChI=1S/C50H75NO17/c1-45(2)19-25-24-13-14-29-47(5)17-16-31(65-44-36(59)37(35(58)38(67-44)41(61)62)66-43-34(57)33(56)32(55)27(21-52)64-43)46(3,4)28(47)15-18-48(29,6)49(24,7)20-30(54)50(25,22-53)39(60)40(45)68-42(63)23-11-9-10-12-26(23)51-8/h9-13,25,27-40,43-44,51-60H,14-22H2,1-8H3,(H,61,62)/t25?,27-,28?,29?,30+,31+,32-,33-,34+,35+,36-,37+,38+,39+,40+,43+,44-,47-,48-,49-,50+/m1/s1. The summed E-state index contributed by atoms with van der Waals surface area (Å²) < 4.78 is 29.7. The van der Waals surface area contributed by atoms with Crippen LogP contribution in [0.3, 0.4) is 0 Å². The molecular weight excluding hydrogens is 887 g/mol. The fraction of sp³-hybridized carbons (Fsp3) is 0.800. The highest BCUT2D eigenvalue weighted by atomic mass is 16.7. The molecule has 0 spiro atoms. The number of carboxylic acid groups (broad SMARTS) is 1. The van der Waals surface area contributed by atoms with Gasteiger partial charge in [-0.05, 0) is 96.5 Å². The van der Waals surface area contributed by atoms with Crippen LogP contribution in [0, 0.1) is 50.2 Å². The molecule has 18 nitrogen and oxygen atoms in total. The van der Waals surface area contributed by atoms with Gasteiger partial charge in [0.05, 0.1) is 36.4 Å². The van der Waals surface area contributed by atoms with Crippen molar-refractivity contribution < 1.29 is 84.3 Å². The van der Waals surface area contributed by atoms with Gasteiger partial charge in [0.1, 0.15) is 54.9 Å². The molecule has 5 aliphatic carbocycles. The first-order valence-electron chi connectivity index (χ1n) is 24.3. The molecule has 6 fully saturated rings. The minimum Gasteiger partial charge on any atom is -0.479 e. The average molecular weight is 962 g/mol. The summed E-state index contributed by atoms with van der Waals surface area (Å²) in [4.78, 5) is 26.2. The van der Waals surface area contributed by atoms with Crippen LogP contribution in [0.4, 0.5) is 5.69 Å². The Kier molecular flexibility index (Phi) is 13.7. The Balaban J connectivity index is 1.04. The van der Waals surface area contributed by atoms with E-state index in [-0.39, 0.29) is 29.1 Å². The Hall–Kier alpha value is -2.82. The summed E-state index contributed by atoms with van der Waals surface area (Å²) in [7, 11) is 1.71. The SMILES string of the molecule is CNc1ccccc1C(=O)O[C@H]1[C@H](O)[C@@]2(CO)C(CC1(C)C)C1=CCC3[C@]4(C)CC[C@H](O[C@@H]5O[C@H](C(=O)O)[C@@H](O)[C@H](O[C@@H]6O[C@H](CO)[C@@H](O)[C@@H](O)[C@@H]6O)[C@H]5O)C(C)(C)C4CC[C@@]3(C)[C@]1(C)C[C@@H]2O. The van der Waals surface area contributed by atoms with Gasteiger partial charge in [-0.1, -0.05) is 72.2 Å². The molecule has 2 aliphatic heterocycles. The fourth-order valence-corrected chi connectivity index (χ4v) is 15.2. The van der Waals surface area contributed by atoms with Crippen LogP contribution in [0.25, 0.3) is 0 Å². The Labute approximate surface area is 397 Å². The van der Waals surface area contributed by atoms with E-state index in [0.717, 1.165) is 18.4 Å². The molecule has 0 radical (unpaired) electrons. The van der Waals surface area contributed by atoms with Gasteiger partial charge in [0.2, 0.25) is 0 Å². The molecule has 7 aliphatic rings. The first kappa shape index (κ1) is 51.5. The lowest BCUT2D eigenvalue weighted by molar-refractivity contribution is -0.365. The van der Waals surface area contributed by atoms with E-state index in [1.807, 2.05) is 13.8 Å². The lowest BCUT2D eigenvalue weighted by Gasteiger charge is -2.72. The zero-order valence-electron chi connectivity index (χ0n) is 40.4. The number of nitrogens with one attached hydrogen (secondary N) is 1. The van der Waals surface area contributed by atoms with E-state index in [1.165, 1.54) is 0 Å². The molecule has 68 heavy (non-hydrogen) atoms. The third-order valence-corrected chi connectivity index (χ3v) is 19.2. The number of rotatable bonds is 10. The van der Waals surface area contributed by atoms with E-state index in [2.05, 4.69) is 46.0 Å². The van der Waals surface area contributed by atoms with E-state index in [0.29, 0.717) is 36.9 Å². The minimum atomic E-state index is -1.98. The second-order valence-electron chi connectivity index (χ2n) is 23.1. The lowest BCUT2D eigenvalue weighted by Crippen LogP contribution is -2.72. The monoisotopic (exact) mass is 962 g/mol. The van der Waals surface area contributed by atoms with Gasteiger partial charge in [-0.3, -0.25) is 0 Å². The van der Waals surface area contributed by atoms with Gasteiger partial charge < -0.3 is 80.1 Å². The van der Waals surface area contributed by atoms with Crippen LogP contribution in [0.1, 0.15) is 104 Å². The smallest absolute Gasteiger partial charge is 0.340 e. The number of ether oxygens (including phenoxy) is 5. The molecule has 3 unspecified atom stereocenters. The third kappa shape index (κ3) is 7.61. The van der Waals surface area contributed by atoms with Gasteiger partial charge in [0.15, 0.2) is 18.7 Å². The average Bonchev–Trinajstić information content (AvgIpc) is 3.28. The molecule has 21 atom stereocenters. The summed E-state index contributed by atoms with van der Waals surface area (Å²) in [6.07, 6.45) is -15.3. The van der Waals surface area contributed by atoms with Crippen molar-refractivity contribution in [2.24, 2.45) is 50.2 Å². The van der Waals surface area contributed by atoms with Crippen LogP contribution in [-0.2, 0) is 28.5 Å². The number of carboxylic acids is 1. The maximum Gasteiger partial charge on any atom is 0.340 e. The molecule has 0 amide bonds. The number of anilines is 1. The molecule has 11 N–H and O–H groups in total. The summed E-state index contributed by atoms with van der Waals surface area (Å²) in [5, 5.41) is 113. The van der Waals surface area contributed by atoms with Crippen LogP contribution in [0.15, 0.2) is 35.9 Å². The lowest BCUT2D eigenvalue weighted by atomic mass is 9.33. The quantitative estimate of drug-likeness (QED) is 0.0904. The first-order chi connectivity index (χ1) is 31.8. The number of aliphatic hydroxyl groups is 9. The number of carbonyl (C=O) groups is 2. The minimum absolute atomic E-state index is 0.0529. The van der Waals surface area contributed by atoms with E-state index in [1.54, 1.807) is 31.3 Å².